The van der Waals surface area contributed by atoms with Gasteiger partial charge in [-0.2, -0.15) is 0 Å². The molecule has 33 heavy (non-hydrogen) atoms. The van der Waals surface area contributed by atoms with E-state index in [2.05, 4.69) is 20.6 Å². The van der Waals surface area contributed by atoms with Gasteiger partial charge in [-0.3, -0.25) is 0 Å². The van der Waals surface area contributed by atoms with E-state index in [-0.39, 0.29) is 25.2 Å². The number of carbonyl (C=O) groups is 2. The van der Waals surface area contributed by atoms with Crippen molar-refractivity contribution in [3.05, 3.63) is 89.5 Å². The lowest BCUT2D eigenvalue weighted by Gasteiger charge is -2.21. The van der Waals surface area contributed by atoms with Crippen molar-refractivity contribution in [1.82, 2.24) is 20.6 Å². The summed E-state index contributed by atoms with van der Waals surface area (Å²) in [7, 11) is 0. The Bertz CT molecular complexity index is 1020. The van der Waals surface area contributed by atoms with E-state index in [0.717, 1.165) is 16.8 Å². The Morgan fingerprint density at radius 1 is 0.848 bits per heavy atom. The van der Waals surface area contributed by atoms with Gasteiger partial charge in [0.1, 0.15) is 19.0 Å². The number of benzene rings is 2. The number of hydrogen-bond donors (Lipinski definition) is 3. The molecular weight excluding hydrogens is 420 g/mol. The predicted molar refractivity (Wildman–Crippen MR) is 124 cm³/mol. The number of carbonyl (C=O) groups excluding carboxylic acids is 2. The van der Waals surface area contributed by atoms with Crippen molar-refractivity contribution in [3.63, 3.8) is 0 Å². The Morgan fingerprint density at radius 3 is 1.88 bits per heavy atom. The number of aromatic nitrogens is 2. The van der Waals surface area contributed by atoms with Gasteiger partial charge in [0.2, 0.25) is 0 Å². The Kier molecular flexibility index (Phi) is 8.46. The van der Waals surface area contributed by atoms with Crippen molar-refractivity contribution in [2.24, 2.45) is 5.92 Å². The zero-order valence-corrected chi connectivity index (χ0v) is 19.1. The van der Waals surface area contributed by atoms with Gasteiger partial charge in [-0.25, -0.2) is 14.6 Å². The van der Waals surface area contributed by atoms with Crippen LogP contribution in [0.2, 0.25) is 0 Å². The summed E-state index contributed by atoms with van der Waals surface area (Å²) < 4.78 is 10.6. The van der Waals surface area contributed by atoms with Gasteiger partial charge in [-0.15, -0.1) is 0 Å². The molecule has 3 aromatic rings. The van der Waals surface area contributed by atoms with Crippen LogP contribution in [0.5, 0.6) is 0 Å². The van der Waals surface area contributed by atoms with E-state index in [1.807, 2.05) is 74.5 Å². The van der Waals surface area contributed by atoms with Gasteiger partial charge in [0.25, 0.3) is 0 Å². The Hall–Kier alpha value is -3.81. The number of rotatable bonds is 9. The van der Waals surface area contributed by atoms with Gasteiger partial charge >= 0.3 is 12.2 Å². The number of aromatic amines is 1. The highest BCUT2D eigenvalue weighted by Crippen LogP contribution is 2.22. The maximum Gasteiger partial charge on any atom is 0.408 e. The Balaban J connectivity index is 1.53. The number of ether oxygens (including phenoxy) is 2. The second-order valence-electron chi connectivity index (χ2n) is 8.08. The highest BCUT2D eigenvalue weighted by Gasteiger charge is 2.23. The van der Waals surface area contributed by atoms with Crippen molar-refractivity contribution in [3.8, 4) is 0 Å². The third-order valence-electron chi connectivity index (χ3n) is 5.06. The lowest BCUT2D eigenvalue weighted by atomic mass is 10.0. The maximum atomic E-state index is 12.3. The van der Waals surface area contributed by atoms with E-state index >= 15 is 0 Å². The van der Waals surface area contributed by atoms with E-state index in [0.29, 0.717) is 5.82 Å². The fraction of sp³-hybridized carbons (Fsp3) is 0.320. The summed E-state index contributed by atoms with van der Waals surface area (Å²) in [5.74, 6) is 0.647. The second kappa shape index (κ2) is 11.7. The minimum Gasteiger partial charge on any atom is -0.445 e. The molecule has 0 unspecified atom stereocenters. The van der Waals surface area contributed by atoms with Crippen molar-refractivity contribution in [2.75, 3.05) is 0 Å². The van der Waals surface area contributed by atoms with Crippen molar-refractivity contribution in [2.45, 2.75) is 46.1 Å². The topological polar surface area (TPSA) is 105 Å². The van der Waals surface area contributed by atoms with Crippen LogP contribution in [-0.2, 0) is 22.7 Å². The molecule has 1 aromatic heterocycles. The predicted octanol–water partition coefficient (Wildman–Crippen LogP) is 5.02. The molecule has 0 fully saturated rings. The van der Waals surface area contributed by atoms with Crippen LogP contribution in [0.3, 0.4) is 0 Å². The molecule has 174 valence electrons. The summed E-state index contributed by atoms with van der Waals surface area (Å²) in [5, 5.41) is 5.65. The van der Waals surface area contributed by atoms with Crippen LogP contribution in [0.15, 0.2) is 66.9 Å². The summed E-state index contributed by atoms with van der Waals surface area (Å²) >= 11 is 0. The smallest absolute Gasteiger partial charge is 0.408 e. The number of H-pyrrole nitrogens is 1. The van der Waals surface area contributed by atoms with E-state index in [4.69, 9.17) is 9.47 Å². The zero-order valence-electron chi connectivity index (χ0n) is 19.1. The Labute approximate surface area is 193 Å². The summed E-state index contributed by atoms with van der Waals surface area (Å²) in [5.41, 5.74) is 2.55. The van der Waals surface area contributed by atoms with Crippen LogP contribution in [-0.4, -0.2) is 22.2 Å². The molecule has 1 heterocycles. The van der Waals surface area contributed by atoms with E-state index in [1.165, 1.54) is 0 Å². The maximum absolute atomic E-state index is 12.3. The minimum absolute atomic E-state index is 0.0849. The van der Waals surface area contributed by atoms with Crippen molar-refractivity contribution < 1.29 is 19.1 Å². The van der Waals surface area contributed by atoms with Crippen LogP contribution in [0.4, 0.5) is 9.59 Å². The normalized spacial score (nSPS) is 12.6. The highest BCUT2D eigenvalue weighted by molar-refractivity contribution is 5.68. The molecule has 8 nitrogen and oxygen atoms in total. The van der Waals surface area contributed by atoms with Gasteiger partial charge < -0.3 is 25.1 Å². The van der Waals surface area contributed by atoms with Crippen LogP contribution in [0.1, 0.15) is 55.5 Å². The van der Waals surface area contributed by atoms with Gasteiger partial charge in [0, 0.05) is 0 Å². The van der Waals surface area contributed by atoms with Gasteiger partial charge in [0.05, 0.1) is 24.0 Å². The number of nitrogens with zero attached hydrogens (tertiary/aromatic N) is 1. The molecule has 3 rings (SSSR count). The lowest BCUT2D eigenvalue weighted by molar-refractivity contribution is 0.132. The number of amides is 2. The third-order valence-corrected chi connectivity index (χ3v) is 5.06. The average molecular weight is 451 g/mol. The standard InChI is InChI=1S/C25H30N4O4/c1-17(2)22(29-25(31)33-16-20-12-8-5-9-13-20)21-14-26-23(28-21)18(3)27-24(30)32-15-19-10-6-4-7-11-19/h4-14,17-18,22H,15-16H2,1-3H3,(H,26,28)(H,27,30)(H,29,31)/t18-,22-/m0/s1. The van der Waals surface area contributed by atoms with E-state index in [1.54, 1.807) is 13.1 Å². The van der Waals surface area contributed by atoms with Crippen LogP contribution in [0.25, 0.3) is 0 Å². The van der Waals surface area contributed by atoms with Gasteiger partial charge in [-0.1, -0.05) is 74.5 Å². The molecule has 3 N–H and O–H groups in total. The molecule has 8 heteroatoms. The molecule has 0 aliphatic carbocycles. The number of alkyl carbamates (subject to hydrolysis) is 2. The van der Waals surface area contributed by atoms with Crippen LogP contribution < -0.4 is 10.6 Å². The first-order chi connectivity index (χ1) is 15.9. The first-order valence-electron chi connectivity index (χ1n) is 10.9. The third kappa shape index (κ3) is 7.38. The molecule has 0 spiro atoms. The molecule has 0 saturated heterocycles. The Morgan fingerprint density at radius 2 is 1.36 bits per heavy atom. The highest BCUT2D eigenvalue weighted by atomic mass is 16.6. The largest absolute Gasteiger partial charge is 0.445 e. The fourth-order valence-electron chi connectivity index (χ4n) is 3.23. The molecule has 0 radical (unpaired) electrons. The van der Waals surface area contributed by atoms with Gasteiger partial charge in [-0.05, 0) is 24.0 Å². The molecule has 0 aliphatic heterocycles. The molecule has 0 saturated carbocycles. The molecule has 2 atom stereocenters. The minimum atomic E-state index is -0.535. The number of hydrogen-bond acceptors (Lipinski definition) is 5. The molecule has 2 amide bonds. The SMILES string of the molecule is CC(C)[C@H](NC(=O)OCc1ccccc1)c1cnc([C@H](C)NC(=O)OCc2ccccc2)[nH]1. The summed E-state index contributed by atoms with van der Waals surface area (Å²) in [6.45, 7) is 6.17. The monoisotopic (exact) mass is 450 g/mol. The van der Waals surface area contributed by atoms with Crippen LogP contribution >= 0.6 is 0 Å². The summed E-state index contributed by atoms with van der Waals surface area (Å²) in [6, 6.07) is 18.2. The van der Waals surface area contributed by atoms with Crippen molar-refractivity contribution >= 4 is 12.2 Å². The fourth-order valence-corrected chi connectivity index (χ4v) is 3.23. The molecule has 0 bridgehead atoms. The average Bonchev–Trinajstić information content (AvgIpc) is 3.31. The number of imidazole rings is 1. The lowest BCUT2D eigenvalue weighted by Crippen LogP contribution is -2.32. The van der Waals surface area contributed by atoms with E-state index < -0.39 is 18.2 Å². The zero-order chi connectivity index (χ0) is 23.6. The van der Waals surface area contributed by atoms with E-state index in [9.17, 15) is 9.59 Å². The quantitative estimate of drug-likeness (QED) is 0.424. The van der Waals surface area contributed by atoms with Crippen LogP contribution in [0, 0.1) is 5.92 Å². The molecule has 0 aliphatic rings. The summed E-state index contributed by atoms with van der Waals surface area (Å²) in [6.07, 6.45) is 0.613. The van der Waals surface area contributed by atoms with Crippen molar-refractivity contribution in [1.29, 1.82) is 0 Å². The summed E-state index contributed by atoms with van der Waals surface area (Å²) in [4.78, 5) is 32.0. The number of nitrogens with one attached hydrogen (secondary N) is 3. The molecule has 2 aromatic carbocycles. The van der Waals surface area contributed by atoms with Gasteiger partial charge in [0.15, 0.2) is 0 Å². The first-order valence-corrected chi connectivity index (χ1v) is 10.9. The first kappa shape index (κ1) is 23.8. The second-order valence-corrected chi connectivity index (χ2v) is 8.08. The molecular formula is C25H30N4O4.